The summed E-state index contributed by atoms with van der Waals surface area (Å²) in [5, 5.41) is 2.99. The van der Waals surface area contributed by atoms with Gasteiger partial charge in [-0.25, -0.2) is 9.97 Å². The Bertz CT molecular complexity index is 439. The molecule has 2 saturated carbocycles. The van der Waals surface area contributed by atoms with Crippen LogP contribution in [0.3, 0.4) is 0 Å². The fraction of sp³-hybridized carbons (Fsp3) is 0.583. The summed E-state index contributed by atoms with van der Waals surface area (Å²) in [5.74, 6) is 2.02. The monoisotopic (exact) mass is 251 g/mol. The molecule has 90 valence electrons. The Hall–Kier alpha value is -1.16. The van der Waals surface area contributed by atoms with Crippen molar-refractivity contribution in [1.29, 1.82) is 0 Å². The van der Waals surface area contributed by atoms with E-state index in [1.807, 2.05) is 0 Å². The largest absolute Gasteiger partial charge is 0.310 e. The van der Waals surface area contributed by atoms with E-state index >= 15 is 0 Å². The standard InChI is InChI=1S/C12H14ClN3O/c13-12-14-6-5-9(16-12)15-11(17)10-7-3-1-2-4-8(7)10/h5-8,10H,1-4H2,(H,14,15,16,17). The second-order valence-electron chi connectivity index (χ2n) is 4.84. The van der Waals surface area contributed by atoms with Gasteiger partial charge >= 0.3 is 0 Å². The molecule has 0 spiro atoms. The maximum atomic E-state index is 12.0. The van der Waals surface area contributed by atoms with Gasteiger partial charge in [0, 0.05) is 12.1 Å². The number of nitrogens with zero attached hydrogens (tertiary/aromatic N) is 2. The number of amides is 1. The van der Waals surface area contributed by atoms with Crippen LogP contribution in [0.15, 0.2) is 12.3 Å². The third-order valence-electron chi connectivity index (χ3n) is 3.84. The predicted octanol–water partition coefficient (Wildman–Crippen LogP) is 2.50. The highest BCUT2D eigenvalue weighted by atomic mass is 35.5. The average molecular weight is 252 g/mol. The number of nitrogens with one attached hydrogen (secondary N) is 1. The zero-order valence-corrected chi connectivity index (χ0v) is 10.2. The van der Waals surface area contributed by atoms with Crippen molar-refractivity contribution in [2.45, 2.75) is 25.7 Å². The predicted molar refractivity (Wildman–Crippen MR) is 64.6 cm³/mol. The van der Waals surface area contributed by atoms with Gasteiger partial charge in [-0.2, -0.15) is 0 Å². The van der Waals surface area contributed by atoms with Crippen LogP contribution in [0.2, 0.25) is 5.28 Å². The van der Waals surface area contributed by atoms with E-state index in [2.05, 4.69) is 15.3 Å². The number of carbonyl (C=O) groups is 1. The lowest BCUT2D eigenvalue weighted by atomic mass is 10.0. The minimum atomic E-state index is 0.0941. The molecule has 3 rings (SSSR count). The summed E-state index contributed by atoms with van der Waals surface area (Å²) in [6.45, 7) is 0. The quantitative estimate of drug-likeness (QED) is 0.822. The molecular weight excluding hydrogens is 238 g/mol. The van der Waals surface area contributed by atoms with Gasteiger partial charge in [0.2, 0.25) is 11.2 Å². The molecule has 0 aromatic carbocycles. The van der Waals surface area contributed by atoms with E-state index in [1.165, 1.54) is 25.7 Å². The molecule has 2 atom stereocenters. The molecule has 5 heteroatoms. The van der Waals surface area contributed by atoms with Gasteiger partial charge in [-0.3, -0.25) is 4.79 Å². The lowest BCUT2D eigenvalue weighted by Crippen LogP contribution is -2.16. The van der Waals surface area contributed by atoms with Crippen LogP contribution in [0.25, 0.3) is 0 Å². The van der Waals surface area contributed by atoms with E-state index in [4.69, 9.17) is 11.6 Å². The molecule has 1 heterocycles. The molecule has 2 aliphatic rings. The SMILES string of the molecule is O=C(Nc1ccnc(Cl)n1)C1C2CCCCC21. The maximum Gasteiger partial charge on any atom is 0.229 e. The molecule has 2 aliphatic carbocycles. The lowest BCUT2D eigenvalue weighted by molar-refractivity contribution is -0.117. The van der Waals surface area contributed by atoms with Crippen LogP contribution in [0.1, 0.15) is 25.7 Å². The average Bonchev–Trinajstić information content (AvgIpc) is 3.03. The van der Waals surface area contributed by atoms with Gasteiger partial charge in [-0.1, -0.05) is 12.8 Å². The minimum absolute atomic E-state index is 0.0941. The molecule has 0 bridgehead atoms. The van der Waals surface area contributed by atoms with E-state index in [0.717, 1.165) is 0 Å². The van der Waals surface area contributed by atoms with Crippen LogP contribution in [-0.4, -0.2) is 15.9 Å². The van der Waals surface area contributed by atoms with Gasteiger partial charge in [-0.15, -0.1) is 0 Å². The van der Waals surface area contributed by atoms with E-state index < -0.39 is 0 Å². The first-order valence-corrected chi connectivity index (χ1v) is 6.43. The number of carbonyl (C=O) groups excluding carboxylic acids is 1. The van der Waals surface area contributed by atoms with Crippen LogP contribution in [0.4, 0.5) is 5.82 Å². The van der Waals surface area contributed by atoms with Crippen molar-refractivity contribution in [3.8, 4) is 0 Å². The molecule has 17 heavy (non-hydrogen) atoms. The van der Waals surface area contributed by atoms with E-state index in [-0.39, 0.29) is 17.1 Å². The van der Waals surface area contributed by atoms with Gasteiger partial charge in [-0.05, 0) is 42.3 Å². The minimum Gasteiger partial charge on any atom is -0.310 e. The van der Waals surface area contributed by atoms with Crippen molar-refractivity contribution in [1.82, 2.24) is 9.97 Å². The van der Waals surface area contributed by atoms with Gasteiger partial charge in [0.25, 0.3) is 0 Å². The van der Waals surface area contributed by atoms with Crippen LogP contribution < -0.4 is 5.32 Å². The second-order valence-corrected chi connectivity index (χ2v) is 5.18. The van der Waals surface area contributed by atoms with Gasteiger partial charge in [0.1, 0.15) is 5.82 Å². The summed E-state index contributed by atoms with van der Waals surface area (Å²) < 4.78 is 0. The van der Waals surface area contributed by atoms with Crippen LogP contribution >= 0.6 is 11.6 Å². The Balaban J connectivity index is 1.64. The van der Waals surface area contributed by atoms with Gasteiger partial charge in [0.15, 0.2) is 0 Å². The van der Waals surface area contributed by atoms with Crippen LogP contribution in [-0.2, 0) is 4.79 Å². The smallest absolute Gasteiger partial charge is 0.229 e. The molecule has 2 fully saturated rings. The van der Waals surface area contributed by atoms with Crippen LogP contribution in [0, 0.1) is 17.8 Å². The summed E-state index contributed by atoms with van der Waals surface area (Å²) >= 11 is 5.67. The first kappa shape index (κ1) is 11.0. The van der Waals surface area contributed by atoms with E-state index in [9.17, 15) is 4.79 Å². The summed E-state index contributed by atoms with van der Waals surface area (Å²) in [5.41, 5.74) is 0. The zero-order chi connectivity index (χ0) is 11.8. The Morgan fingerprint density at radius 2 is 2.06 bits per heavy atom. The number of fused-ring (bicyclic) bond motifs is 1. The Kier molecular flexibility index (Phi) is 2.74. The topological polar surface area (TPSA) is 54.9 Å². The van der Waals surface area contributed by atoms with Crippen molar-refractivity contribution in [3.63, 3.8) is 0 Å². The van der Waals surface area contributed by atoms with Crippen molar-refractivity contribution in [2.24, 2.45) is 17.8 Å². The molecule has 1 N–H and O–H groups in total. The third kappa shape index (κ3) is 2.14. The fourth-order valence-corrected chi connectivity index (χ4v) is 3.14. The van der Waals surface area contributed by atoms with Crippen molar-refractivity contribution >= 4 is 23.3 Å². The van der Waals surface area contributed by atoms with Crippen molar-refractivity contribution < 1.29 is 4.79 Å². The number of aromatic nitrogens is 2. The Morgan fingerprint density at radius 1 is 1.35 bits per heavy atom. The maximum absolute atomic E-state index is 12.0. The summed E-state index contributed by atoms with van der Waals surface area (Å²) in [6.07, 6.45) is 6.49. The van der Waals surface area contributed by atoms with E-state index in [1.54, 1.807) is 12.3 Å². The Morgan fingerprint density at radius 3 is 2.71 bits per heavy atom. The molecule has 0 aliphatic heterocycles. The summed E-state index contributed by atoms with van der Waals surface area (Å²) in [4.78, 5) is 19.8. The molecule has 4 nitrogen and oxygen atoms in total. The molecule has 1 amide bonds. The summed E-state index contributed by atoms with van der Waals surface area (Å²) in [6, 6.07) is 1.66. The molecule has 0 radical (unpaired) electrons. The highest BCUT2D eigenvalue weighted by Gasteiger charge is 2.54. The first-order chi connectivity index (χ1) is 8.25. The number of hydrogen-bond acceptors (Lipinski definition) is 3. The number of hydrogen-bond donors (Lipinski definition) is 1. The number of halogens is 1. The second kappa shape index (κ2) is 4.26. The molecule has 1 aromatic heterocycles. The molecule has 0 saturated heterocycles. The lowest BCUT2D eigenvalue weighted by Gasteiger charge is -2.04. The molecule has 2 unspecified atom stereocenters. The van der Waals surface area contributed by atoms with E-state index in [0.29, 0.717) is 17.7 Å². The normalized spacial score (nSPS) is 30.5. The number of rotatable bonds is 2. The highest BCUT2D eigenvalue weighted by Crippen LogP contribution is 2.55. The van der Waals surface area contributed by atoms with Gasteiger partial charge < -0.3 is 5.32 Å². The van der Waals surface area contributed by atoms with Crippen molar-refractivity contribution in [3.05, 3.63) is 17.5 Å². The fourth-order valence-electron chi connectivity index (χ4n) is 3.00. The third-order valence-corrected chi connectivity index (χ3v) is 4.02. The molecular formula is C12H14ClN3O. The van der Waals surface area contributed by atoms with Crippen LogP contribution in [0.5, 0.6) is 0 Å². The Labute approximate surface area is 105 Å². The highest BCUT2D eigenvalue weighted by molar-refractivity contribution is 6.28. The molecule has 1 aromatic rings. The summed E-state index contributed by atoms with van der Waals surface area (Å²) in [7, 11) is 0. The number of anilines is 1. The van der Waals surface area contributed by atoms with Gasteiger partial charge in [0.05, 0.1) is 0 Å². The first-order valence-electron chi connectivity index (χ1n) is 6.05. The zero-order valence-electron chi connectivity index (χ0n) is 9.40. The van der Waals surface area contributed by atoms with Crippen molar-refractivity contribution in [2.75, 3.05) is 5.32 Å².